The molecule has 1 N–H and O–H groups in total. The van der Waals surface area contributed by atoms with Crippen LogP contribution in [0.15, 0.2) is 18.2 Å². The van der Waals surface area contributed by atoms with Crippen molar-refractivity contribution in [1.29, 1.82) is 0 Å². The standard InChI is InChI=1S/C16H25ClN2/c1-4-13-7-8-19(11-13)16-6-5-14(9-15(16)17)10-18-12(2)3/h5-6,9,12-13,18H,4,7-8,10-11H2,1-3H3. The number of nitrogens with one attached hydrogen (secondary N) is 1. The maximum atomic E-state index is 6.45. The van der Waals surface area contributed by atoms with Gasteiger partial charge in [0.25, 0.3) is 0 Å². The molecular formula is C16H25ClN2. The second-order valence-electron chi connectivity index (χ2n) is 5.83. The first-order valence-corrected chi connectivity index (χ1v) is 7.74. The molecule has 0 saturated carbocycles. The molecule has 2 rings (SSSR count). The van der Waals surface area contributed by atoms with Gasteiger partial charge in [0.15, 0.2) is 0 Å². The summed E-state index contributed by atoms with van der Waals surface area (Å²) < 4.78 is 0. The average Bonchev–Trinajstić information content (AvgIpc) is 2.85. The number of anilines is 1. The summed E-state index contributed by atoms with van der Waals surface area (Å²) in [5, 5.41) is 4.31. The van der Waals surface area contributed by atoms with E-state index in [9.17, 15) is 0 Å². The van der Waals surface area contributed by atoms with Crippen LogP contribution in [0.5, 0.6) is 0 Å². The molecule has 0 aromatic heterocycles. The van der Waals surface area contributed by atoms with Gasteiger partial charge in [0.05, 0.1) is 10.7 Å². The third kappa shape index (κ3) is 3.87. The van der Waals surface area contributed by atoms with Gasteiger partial charge in [-0.05, 0) is 30.0 Å². The molecule has 1 heterocycles. The van der Waals surface area contributed by atoms with E-state index in [4.69, 9.17) is 11.6 Å². The summed E-state index contributed by atoms with van der Waals surface area (Å²) in [5.41, 5.74) is 2.46. The summed E-state index contributed by atoms with van der Waals surface area (Å²) in [5.74, 6) is 0.832. The summed E-state index contributed by atoms with van der Waals surface area (Å²) >= 11 is 6.45. The Morgan fingerprint density at radius 1 is 1.42 bits per heavy atom. The van der Waals surface area contributed by atoms with Crippen molar-refractivity contribution < 1.29 is 0 Å². The topological polar surface area (TPSA) is 15.3 Å². The van der Waals surface area contributed by atoms with Crippen LogP contribution < -0.4 is 10.2 Å². The smallest absolute Gasteiger partial charge is 0.0642 e. The Balaban J connectivity index is 2.03. The van der Waals surface area contributed by atoms with Gasteiger partial charge in [-0.1, -0.05) is 44.9 Å². The third-order valence-corrected chi connectivity index (χ3v) is 4.23. The van der Waals surface area contributed by atoms with Gasteiger partial charge in [-0.2, -0.15) is 0 Å². The minimum Gasteiger partial charge on any atom is -0.370 e. The zero-order valence-electron chi connectivity index (χ0n) is 12.2. The summed E-state index contributed by atoms with van der Waals surface area (Å²) in [6.07, 6.45) is 2.56. The molecule has 3 heteroatoms. The lowest BCUT2D eigenvalue weighted by Crippen LogP contribution is -2.22. The second-order valence-corrected chi connectivity index (χ2v) is 6.24. The van der Waals surface area contributed by atoms with Gasteiger partial charge in [0, 0.05) is 25.7 Å². The van der Waals surface area contributed by atoms with E-state index in [0.29, 0.717) is 6.04 Å². The Labute approximate surface area is 122 Å². The monoisotopic (exact) mass is 280 g/mol. The fraction of sp³-hybridized carbons (Fsp3) is 0.625. The molecule has 0 aliphatic carbocycles. The summed E-state index contributed by atoms with van der Waals surface area (Å²) in [6, 6.07) is 6.97. The Morgan fingerprint density at radius 3 is 2.79 bits per heavy atom. The van der Waals surface area contributed by atoms with Crippen molar-refractivity contribution >= 4 is 17.3 Å². The highest BCUT2D eigenvalue weighted by Gasteiger charge is 2.22. The first-order chi connectivity index (χ1) is 9.10. The molecule has 1 aromatic rings. The number of rotatable bonds is 5. The van der Waals surface area contributed by atoms with Crippen LogP contribution in [0, 0.1) is 5.92 Å². The number of nitrogens with zero attached hydrogens (tertiary/aromatic N) is 1. The van der Waals surface area contributed by atoms with Crippen LogP contribution in [-0.2, 0) is 6.54 Å². The predicted octanol–water partition coefficient (Wildman–Crippen LogP) is 4.07. The lowest BCUT2D eigenvalue weighted by molar-refractivity contribution is 0.569. The Bertz CT molecular complexity index is 417. The molecular weight excluding hydrogens is 256 g/mol. The van der Waals surface area contributed by atoms with Crippen molar-refractivity contribution in [2.45, 2.75) is 46.2 Å². The summed E-state index contributed by atoms with van der Waals surface area (Å²) in [6.45, 7) is 9.77. The van der Waals surface area contributed by atoms with E-state index in [1.807, 2.05) is 0 Å². The van der Waals surface area contributed by atoms with Crippen molar-refractivity contribution in [3.05, 3.63) is 28.8 Å². The Hall–Kier alpha value is -0.730. The van der Waals surface area contributed by atoms with Crippen LogP contribution in [-0.4, -0.2) is 19.1 Å². The summed E-state index contributed by atoms with van der Waals surface area (Å²) in [4.78, 5) is 2.43. The molecule has 1 unspecified atom stereocenters. The Morgan fingerprint density at radius 2 is 2.21 bits per heavy atom. The van der Waals surface area contributed by atoms with Crippen LogP contribution in [0.1, 0.15) is 39.2 Å². The fourth-order valence-electron chi connectivity index (χ4n) is 2.62. The molecule has 2 nitrogen and oxygen atoms in total. The Kier molecular flexibility index (Phi) is 5.12. The first-order valence-electron chi connectivity index (χ1n) is 7.37. The van der Waals surface area contributed by atoms with Crippen molar-refractivity contribution in [3.63, 3.8) is 0 Å². The van der Waals surface area contributed by atoms with Crippen LogP contribution in [0.4, 0.5) is 5.69 Å². The van der Waals surface area contributed by atoms with Crippen LogP contribution in [0.25, 0.3) is 0 Å². The van der Waals surface area contributed by atoms with Crippen molar-refractivity contribution in [3.8, 4) is 0 Å². The maximum absolute atomic E-state index is 6.45. The second kappa shape index (κ2) is 6.62. The van der Waals surface area contributed by atoms with E-state index in [2.05, 4.69) is 49.2 Å². The molecule has 0 spiro atoms. The largest absolute Gasteiger partial charge is 0.370 e. The first kappa shape index (κ1) is 14.7. The van der Waals surface area contributed by atoms with Gasteiger partial charge in [-0.15, -0.1) is 0 Å². The molecule has 1 aliphatic heterocycles. The van der Waals surface area contributed by atoms with Gasteiger partial charge in [0.1, 0.15) is 0 Å². The minimum absolute atomic E-state index is 0.502. The number of halogens is 1. The zero-order valence-corrected chi connectivity index (χ0v) is 13.0. The lowest BCUT2D eigenvalue weighted by Gasteiger charge is -2.20. The van der Waals surface area contributed by atoms with Gasteiger partial charge < -0.3 is 10.2 Å². The van der Waals surface area contributed by atoms with E-state index in [1.54, 1.807) is 0 Å². The SMILES string of the molecule is CCC1CCN(c2ccc(CNC(C)C)cc2Cl)C1. The summed E-state index contributed by atoms with van der Waals surface area (Å²) in [7, 11) is 0. The van der Waals surface area contributed by atoms with Crippen LogP contribution >= 0.6 is 11.6 Å². The average molecular weight is 281 g/mol. The highest BCUT2D eigenvalue weighted by atomic mass is 35.5. The minimum atomic E-state index is 0.502. The van der Waals surface area contributed by atoms with Gasteiger partial charge in [-0.3, -0.25) is 0 Å². The van der Waals surface area contributed by atoms with Crippen molar-refractivity contribution in [2.24, 2.45) is 5.92 Å². The molecule has 0 amide bonds. The molecule has 1 fully saturated rings. The predicted molar refractivity (Wildman–Crippen MR) is 84.0 cm³/mol. The quantitative estimate of drug-likeness (QED) is 0.874. The lowest BCUT2D eigenvalue weighted by atomic mass is 10.1. The molecule has 106 valence electrons. The molecule has 1 saturated heterocycles. The molecule has 0 radical (unpaired) electrons. The van der Waals surface area contributed by atoms with Crippen molar-refractivity contribution in [2.75, 3.05) is 18.0 Å². The van der Waals surface area contributed by atoms with E-state index < -0.39 is 0 Å². The number of hydrogen-bond donors (Lipinski definition) is 1. The third-order valence-electron chi connectivity index (χ3n) is 3.93. The fourth-order valence-corrected chi connectivity index (χ4v) is 2.95. The van der Waals surface area contributed by atoms with Crippen LogP contribution in [0.2, 0.25) is 5.02 Å². The van der Waals surface area contributed by atoms with Gasteiger partial charge in [0.2, 0.25) is 0 Å². The normalized spacial score (nSPS) is 19.4. The number of hydrogen-bond acceptors (Lipinski definition) is 2. The van der Waals surface area contributed by atoms with Crippen molar-refractivity contribution in [1.82, 2.24) is 5.32 Å². The molecule has 1 aromatic carbocycles. The van der Waals surface area contributed by atoms with Crippen LogP contribution in [0.3, 0.4) is 0 Å². The van der Waals surface area contributed by atoms with Gasteiger partial charge in [-0.25, -0.2) is 0 Å². The zero-order chi connectivity index (χ0) is 13.8. The van der Waals surface area contributed by atoms with Gasteiger partial charge >= 0.3 is 0 Å². The van der Waals surface area contributed by atoms with E-state index >= 15 is 0 Å². The van der Waals surface area contributed by atoms with E-state index in [0.717, 1.165) is 30.6 Å². The molecule has 19 heavy (non-hydrogen) atoms. The molecule has 0 bridgehead atoms. The van der Waals surface area contributed by atoms with E-state index in [1.165, 1.54) is 24.1 Å². The molecule has 1 atom stereocenters. The number of benzene rings is 1. The highest BCUT2D eigenvalue weighted by molar-refractivity contribution is 6.33. The highest BCUT2D eigenvalue weighted by Crippen LogP contribution is 2.32. The molecule has 1 aliphatic rings. The van der Waals surface area contributed by atoms with E-state index in [-0.39, 0.29) is 0 Å². The maximum Gasteiger partial charge on any atom is 0.0642 e.